The second kappa shape index (κ2) is 4.73. The molecule has 0 aromatic heterocycles. The summed E-state index contributed by atoms with van der Waals surface area (Å²) in [6.07, 6.45) is 0.233. The van der Waals surface area contributed by atoms with Crippen LogP contribution in [0.4, 0.5) is 4.39 Å². The maximum atomic E-state index is 13.8. The third kappa shape index (κ3) is 2.94. The fourth-order valence-corrected chi connectivity index (χ4v) is 1.32. The third-order valence-electron chi connectivity index (χ3n) is 2.17. The van der Waals surface area contributed by atoms with Gasteiger partial charge in [0.2, 0.25) is 0 Å². The van der Waals surface area contributed by atoms with Crippen molar-refractivity contribution in [3.8, 4) is 0 Å². The maximum absolute atomic E-state index is 13.8. The molecule has 2 nitrogen and oxygen atoms in total. The molecule has 4 N–H and O–H groups in total. The summed E-state index contributed by atoms with van der Waals surface area (Å²) in [7, 11) is 0. The third-order valence-corrected chi connectivity index (χ3v) is 2.42. The molecular weight excluding hydrogens is 203 g/mol. The lowest BCUT2D eigenvalue weighted by Crippen LogP contribution is -2.42. The number of rotatable bonds is 4. The first-order chi connectivity index (χ1) is 6.59. The van der Waals surface area contributed by atoms with Crippen LogP contribution in [-0.2, 0) is 6.42 Å². The van der Waals surface area contributed by atoms with Crippen LogP contribution in [0.1, 0.15) is 5.56 Å². The first-order valence-corrected chi connectivity index (χ1v) is 4.81. The van der Waals surface area contributed by atoms with Gasteiger partial charge in [-0.1, -0.05) is 23.7 Å². The van der Waals surface area contributed by atoms with Gasteiger partial charge in [0.1, 0.15) is 5.67 Å². The zero-order valence-electron chi connectivity index (χ0n) is 7.84. The van der Waals surface area contributed by atoms with Gasteiger partial charge in [-0.2, -0.15) is 0 Å². The van der Waals surface area contributed by atoms with Crippen molar-refractivity contribution in [2.75, 3.05) is 13.1 Å². The monoisotopic (exact) mass is 216 g/mol. The molecule has 0 atom stereocenters. The summed E-state index contributed by atoms with van der Waals surface area (Å²) in [6.45, 7) is -0.127. The Kier molecular flexibility index (Phi) is 3.86. The van der Waals surface area contributed by atoms with Crippen molar-refractivity contribution in [1.82, 2.24) is 0 Å². The lowest BCUT2D eigenvalue weighted by Gasteiger charge is -2.21. The van der Waals surface area contributed by atoms with E-state index in [1.807, 2.05) is 0 Å². The molecule has 0 bridgehead atoms. The number of alkyl halides is 1. The molecule has 0 saturated heterocycles. The second-order valence-corrected chi connectivity index (χ2v) is 3.80. The van der Waals surface area contributed by atoms with Crippen LogP contribution in [0, 0.1) is 0 Å². The van der Waals surface area contributed by atoms with Gasteiger partial charge in [-0.25, -0.2) is 4.39 Å². The van der Waals surface area contributed by atoms with Crippen LogP contribution in [0.15, 0.2) is 24.3 Å². The zero-order chi connectivity index (χ0) is 10.6. The van der Waals surface area contributed by atoms with Crippen molar-refractivity contribution >= 4 is 11.6 Å². The lowest BCUT2D eigenvalue weighted by atomic mass is 9.96. The van der Waals surface area contributed by atoms with Gasteiger partial charge in [-0.15, -0.1) is 0 Å². The van der Waals surface area contributed by atoms with Crippen molar-refractivity contribution in [2.24, 2.45) is 11.5 Å². The van der Waals surface area contributed by atoms with Gasteiger partial charge < -0.3 is 11.5 Å². The van der Waals surface area contributed by atoms with Gasteiger partial charge in [0.25, 0.3) is 0 Å². The molecule has 0 spiro atoms. The summed E-state index contributed by atoms with van der Waals surface area (Å²) in [5.74, 6) is 0. The summed E-state index contributed by atoms with van der Waals surface area (Å²) in [5.41, 5.74) is 9.98. The maximum Gasteiger partial charge on any atom is 0.139 e. The fraction of sp³-hybridized carbons (Fsp3) is 0.400. The van der Waals surface area contributed by atoms with Crippen molar-refractivity contribution in [2.45, 2.75) is 12.1 Å². The molecule has 14 heavy (non-hydrogen) atoms. The number of halogens is 2. The molecule has 0 aliphatic carbocycles. The van der Waals surface area contributed by atoms with Crippen molar-refractivity contribution in [3.63, 3.8) is 0 Å². The average Bonchev–Trinajstić information content (AvgIpc) is 2.21. The molecule has 0 unspecified atom stereocenters. The molecule has 1 rings (SSSR count). The largest absolute Gasteiger partial charge is 0.327 e. The van der Waals surface area contributed by atoms with E-state index in [9.17, 15) is 4.39 Å². The Labute approximate surface area is 88.0 Å². The highest BCUT2D eigenvalue weighted by Crippen LogP contribution is 2.17. The van der Waals surface area contributed by atoms with Gasteiger partial charge >= 0.3 is 0 Å². The van der Waals surface area contributed by atoms with Crippen molar-refractivity contribution in [1.29, 1.82) is 0 Å². The van der Waals surface area contributed by atoms with Crippen LogP contribution in [-0.4, -0.2) is 18.8 Å². The van der Waals surface area contributed by atoms with Crippen molar-refractivity contribution in [3.05, 3.63) is 34.9 Å². The minimum absolute atomic E-state index is 0.0634. The van der Waals surface area contributed by atoms with Crippen LogP contribution < -0.4 is 11.5 Å². The van der Waals surface area contributed by atoms with E-state index >= 15 is 0 Å². The van der Waals surface area contributed by atoms with E-state index in [0.717, 1.165) is 5.56 Å². The fourth-order valence-electron chi connectivity index (χ4n) is 1.20. The summed E-state index contributed by atoms with van der Waals surface area (Å²) in [5, 5.41) is 0.638. The molecule has 1 aromatic rings. The van der Waals surface area contributed by atoms with E-state index in [2.05, 4.69) is 0 Å². The van der Waals surface area contributed by atoms with E-state index in [1.165, 1.54) is 0 Å². The van der Waals surface area contributed by atoms with Crippen LogP contribution in [0.5, 0.6) is 0 Å². The Bertz CT molecular complexity index is 283. The van der Waals surface area contributed by atoms with Crippen LogP contribution in [0.2, 0.25) is 5.02 Å². The number of hydrogen-bond acceptors (Lipinski definition) is 2. The topological polar surface area (TPSA) is 52.0 Å². The van der Waals surface area contributed by atoms with Crippen LogP contribution in [0.3, 0.4) is 0 Å². The molecular formula is C10H14ClFN2. The van der Waals surface area contributed by atoms with Gasteiger partial charge in [-0.3, -0.25) is 0 Å². The molecule has 4 heteroatoms. The van der Waals surface area contributed by atoms with Gasteiger partial charge in [0, 0.05) is 24.5 Å². The molecule has 0 aliphatic heterocycles. The molecule has 78 valence electrons. The summed E-state index contributed by atoms with van der Waals surface area (Å²) in [6, 6.07) is 7.01. The minimum Gasteiger partial charge on any atom is -0.327 e. The Balaban J connectivity index is 2.72. The predicted molar refractivity (Wildman–Crippen MR) is 57.1 cm³/mol. The van der Waals surface area contributed by atoms with Gasteiger partial charge in [-0.05, 0) is 17.7 Å². The molecule has 0 saturated carbocycles. The predicted octanol–water partition coefficient (Wildman–Crippen LogP) is 1.51. The number of hydrogen-bond donors (Lipinski definition) is 2. The molecule has 0 fully saturated rings. The first-order valence-electron chi connectivity index (χ1n) is 4.43. The Morgan fingerprint density at radius 2 is 1.64 bits per heavy atom. The van der Waals surface area contributed by atoms with Crippen molar-refractivity contribution < 1.29 is 4.39 Å². The second-order valence-electron chi connectivity index (χ2n) is 3.36. The first kappa shape index (κ1) is 11.4. The van der Waals surface area contributed by atoms with E-state index < -0.39 is 5.67 Å². The molecule has 0 heterocycles. The quantitative estimate of drug-likeness (QED) is 0.802. The summed E-state index contributed by atoms with van der Waals surface area (Å²) >= 11 is 5.71. The lowest BCUT2D eigenvalue weighted by molar-refractivity contribution is 0.184. The zero-order valence-corrected chi connectivity index (χ0v) is 8.60. The highest BCUT2D eigenvalue weighted by molar-refractivity contribution is 6.30. The number of benzene rings is 1. The molecule has 0 amide bonds. The van der Waals surface area contributed by atoms with Gasteiger partial charge in [0.05, 0.1) is 0 Å². The Morgan fingerprint density at radius 3 is 2.07 bits per heavy atom. The summed E-state index contributed by atoms with van der Waals surface area (Å²) in [4.78, 5) is 0. The van der Waals surface area contributed by atoms with E-state index in [4.69, 9.17) is 23.1 Å². The van der Waals surface area contributed by atoms with Crippen LogP contribution >= 0.6 is 11.6 Å². The van der Waals surface area contributed by atoms with Crippen LogP contribution in [0.25, 0.3) is 0 Å². The van der Waals surface area contributed by atoms with E-state index in [1.54, 1.807) is 24.3 Å². The van der Waals surface area contributed by atoms with Gasteiger partial charge in [0.15, 0.2) is 0 Å². The Morgan fingerprint density at radius 1 is 1.14 bits per heavy atom. The summed E-state index contributed by atoms with van der Waals surface area (Å²) < 4.78 is 13.8. The number of nitrogens with two attached hydrogens (primary N) is 2. The standard InChI is InChI=1S/C10H14ClFN2/c11-9-3-1-8(2-4-9)5-10(12,6-13)7-14/h1-4H,5-7,13-14H2. The normalized spacial score (nSPS) is 11.7. The highest BCUT2D eigenvalue weighted by atomic mass is 35.5. The minimum atomic E-state index is -1.51. The Hall–Kier alpha value is -0.640. The highest BCUT2D eigenvalue weighted by Gasteiger charge is 2.26. The smallest absolute Gasteiger partial charge is 0.139 e. The molecule has 0 radical (unpaired) electrons. The van der Waals surface area contributed by atoms with E-state index in [0.29, 0.717) is 5.02 Å². The SMILES string of the molecule is NCC(F)(CN)Cc1ccc(Cl)cc1. The average molecular weight is 217 g/mol. The molecule has 0 aliphatic rings. The molecule has 1 aromatic carbocycles. The van der Waals surface area contributed by atoms with E-state index in [-0.39, 0.29) is 19.5 Å².